The van der Waals surface area contributed by atoms with Crippen molar-refractivity contribution in [1.29, 1.82) is 0 Å². The maximum absolute atomic E-state index is 8.74. The first-order chi connectivity index (χ1) is 8.31. The normalized spacial score (nSPS) is 14.5. The molecule has 0 saturated heterocycles. The molecule has 0 fully saturated rings. The molecule has 0 amide bonds. The van der Waals surface area contributed by atoms with E-state index in [4.69, 9.17) is 26.2 Å². The number of hydrogen-bond donors (Lipinski definition) is 1. The van der Waals surface area contributed by atoms with E-state index in [1.165, 1.54) is 0 Å². The van der Waals surface area contributed by atoms with E-state index in [1.54, 1.807) is 11.8 Å². The van der Waals surface area contributed by atoms with Crippen LogP contribution in [0.15, 0.2) is 12.1 Å². The van der Waals surface area contributed by atoms with E-state index < -0.39 is 0 Å². The molecule has 5 heteroatoms. The largest absolute Gasteiger partial charge is 0.489 e. The minimum Gasteiger partial charge on any atom is -0.489 e. The highest BCUT2D eigenvalue weighted by atomic mass is 35.5. The summed E-state index contributed by atoms with van der Waals surface area (Å²) in [7, 11) is 0. The van der Waals surface area contributed by atoms with Gasteiger partial charge in [-0.05, 0) is 17.7 Å². The predicted molar refractivity (Wildman–Crippen MR) is 70.3 cm³/mol. The molecule has 2 rings (SSSR count). The first kappa shape index (κ1) is 12.9. The van der Waals surface area contributed by atoms with Crippen LogP contribution in [-0.4, -0.2) is 30.7 Å². The number of benzene rings is 1. The third-order valence-electron chi connectivity index (χ3n) is 2.37. The molecule has 1 aliphatic rings. The molecule has 0 radical (unpaired) electrons. The van der Waals surface area contributed by atoms with Gasteiger partial charge in [-0.2, -0.15) is 11.8 Å². The summed E-state index contributed by atoms with van der Waals surface area (Å²) in [5, 5.41) is 9.34. The van der Waals surface area contributed by atoms with E-state index in [0.717, 1.165) is 29.2 Å². The van der Waals surface area contributed by atoms with Crippen LogP contribution in [0.1, 0.15) is 12.0 Å². The van der Waals surface area contributed by atoms with Gasteiger partial charge in [0.15, 0.2) is 11.5 Å². The van der Waals surface area contributed by atoms with Crippen molar-refractivity contribution in [2.45, 2.75) is 12.2 Å². The van der Waals surface area contributed by atoms with Crippen LogP contribution in [-0.2, 0) is 5.75 Å². The van der Waals surface area contributed by atoms with Gasteiger partial charge in [0.2, 0.25) is 0 Å². The van der Waals surface area contributed by atoms with Crippen molar-refractivity contribution in [3.8, 4) is 11.5 Å². The summed E-state index contributed by atoms with van der Waals surface area (Å²) >= 11 is 7.83. The average Bonchev–Trinajstić information content (AvgIpc) is 2.55. The van der Waals surface area contributed by atoms with Crippen molar-refractivity contribution in [1.82, 2.24) is 0 Å². The molecule has 0 aliphatic carbocycles. The number of thioether (sulfide) groups is 1. The van der Waals surface area contributed by atoms with Crippen molar-refractivity contribution in [3.05, 3.63) is 22.7 Å². The predicted octanol–water partition coefficient (Wildman–Crippen LogP) is 2.73. The molecule has 0 spiro atoms. The average molecular weight is 275 g/mol. The SMILES string of the molecule is OCCSCc1cc(Cl)c2c(c1)OCCCO2. The first-order valence-electron chi connectivity index (χ1n) is 5.58. The Hall–Kier alpha value is -0.580. The Morgan fingerprint density at radius 1 is 1.29 bits per heavy atom. The van der Waals surface area contributed by atoms with Crippen molar-refractivity contribution in [2.24, 2.45) is 0 Å². The van der Waals surface area contributed by atoms with Gasteiger partial charge in [0, 0.05) is 17.9 Å². The maximum atomic E-state index is 8.74. The zero-order valence-corrected chi connectivity index (χ0v) is 11.0. The third kappa shape index (κ3) is 3.44. The Kier molecular flexibility index (Phi) is 4.83. The van der Waals surface area contributed by atoms with Gasteiger partial charge in [0.25, 0.3) is 0 Å². The van der Waals surface area contributed by atoms with E-state index in [-0.39, 0.29) is 6.61 Å². The summed E-state index contributed by atoms with van der Waals surface area (Å²) in [6, 6.07) is 3.87. The molecule has 0 unspecified atom stereocenters. The molecule has 94 valence electrons. The molecule has 3 nitrogen and oxygen atoms in total. The van der Waals surface area contributed by atoms with E-state index in [2.05, 4.69) is 0 Å². The summed E-state index contributed by atoms with van der Waals surface area (Å²) < 4.78 is 11.2. The fraction of sp³-hybridized carbons (Fsp3) is 0.500. The molecule has 0 atom stereocenters. The van der Waals surface area contributed by atoms with Crippen molar-refractivity contribution in [3.63, 3.8) is 0 Å². The molecule has 1 N–H and O–H groups in total. The Morgan fingerprint density at radius 2 is 2.12 bits per heavy atom. The van der Waals surface area contributed by atoms with Crippen LogP contribution in [0.25, 0.3) is 0 Å². The quantitative estimate of drug-likeness (QED) is 0.857. The Morgan fingerprint density at radius 3 is 2.94 bits per heavy atom. The lowest BCUT2D eigenvalue weighted by Gasteiger charge is -2.11. The fourth-order valence-corrected chi connectivity index (χ4v) is 2.59. The Labute approximate surface area is 110 Å². The number of halogens is 1. The molecular formula is C12H15ClO3S. The second-order valence-corrected chi connectivity index (χ2v) is 5.24. The van der Waals surface area contributed by atoms with Gasteiger partial charge in [0.05, 0.1) is 24.8 Å². The van der Waals surface area contributed by atoms with Crippen LogP contribution in [0.2, 0.25) is 5.02 Å². The fourth-order valence-electron chi connectivity index (χ4n) is 1.62. The number of fused-ring (bicyclic) bond motifs is 1. The second-order valence-electron chi connectivity index (χ2n) is 3.73. The highest BCUT2D eigenvalue weighted by molar-refractivity contribution is 7.98. The molecule has 17 heavy (non-hydrogen) atoms. The van der Waals surface area contributed by atoms with Crippen LogP contribution < -0.4 is 9.47 Å². The Balaban J connectivity index is 2.14. The van der Waals surface area contributed by atoms with Gasteiger partial charge in [0.1, 0.15) is 0 Å². The van der Waals surface area contributed by atoms with Gasteiger partial charge in [-0.1, -0.05) is 11.6 Å². The zero-order chi connectivity index (χ0) is 12.1. The van der Waals surface area contributed by atoms with Crippen LogP contribution in [0.3, 0.4) is 0 Å². The molecular weight excluding hydrogens is 260 g/mol. The van der Waals surface area contributed by atoms with Crippen LogP contribution in [0, 0.1) is 0 Å². The van der Waals surface area contributed by atoms with E-state index >= 15 is 0 Å². The van der Waals surface area contributed by atoms with Crippen molar-refractivity contribution < 1.29 is 14.6 Å². The van der Waals surface area contributed by atoms with Crippen LogP contribution in [0.5, 0.6) is 11.5 Å². The number of aliphatic hydroxyl groups excluding tert-OH is 1. The van der Waals surface area contributed by atoms with Gasteiger partial charge in [-0.25, -0.2) is 0 Å². The number of rotatable bonds is 4. The van der Waals surface area contributed by atoms with Crippen LogP contribution in [0.4, 0.5) is 0 Å². The van der Waals surface area contributed by atoms with E-state index in [9.17, 15) is 0 Å². The number of hydrogen-bond acceptors (Lipinski definition) is 4. The lowest BCUT2D eigenvalue weighted by Crippen LogP contribution is -1.97. The number of ether oxygens (including phenoxy) is 2. The smallest absolute Gasteiger partial charge is 0.179 e. The molecule has 1 aromatic rings. The van der Waals surface area contributed by atoms with E-state index in [0.29, 0.717) is 24.0 Å². The summed E-state index contributed by atoms with van der Waals surface area (Å²) in [5.74, 6) is 2.93. The molecule has 1 heterocycles. The highest BCUT2D eigenvalue weighted by Crippen LogP contribution is 2.38. The molecule has 1 aliphatic heterocycles. The summed E-state index contributed by atoms with van der Waals surface area (Å²) in [6.45, 7) is 1.50. The molecule has 1 aromatic carbocycles. The summed E-state index contributed by atoms with van der Waals surface area (Å²) in [5.41, 5.74) is 1.10. The maximum Gasteiger partial charge on any atom is 0.179 e. The highest BCUT2D eigenvalue weighted by Gasteiger charge is 2.15. The van der Waals surface area contributed by atoms with Gasteiger partial charge in [-0.15, -0.1) is 0 Å². The summed E-state index contributed by atoms with van der Waals surface area (Å²) in [4.78, 5) is 0. The summed E-state index contributed by atoms with van der Waals surface area (Å²) in [6.07, 6.45) is 0.875. The second kappa shape index (κ2) is 6.38. The van der Waals surface area contributed by atoms with Crippen molar-refractivity contribution in [2.75, 3.05) is 25.6 Å². The van der Waals surface area contributed by atoms with Gasteiger partial charge in [-0.3, -0.25) is 0 Å². The van der Waals surface area contributed by atoms with Crippen molar-refractivity contribution >= 4 is 23.4 Å². The lowest BCUT2D eigenvalue weighted by molar-refractivity contribution is 0.297. The third-order valence-corrected chi connectivity index (χ3v) is 3.66. The first-order valence-corrected chi connectivity index (χ1v) is 7.11. The standard InChI is InChI=1S/C12H15ClO3S/c13-10-6-9(8-17-5-2-14)7-11-12(10)16-4-1-3-15-11/h6-7,14H,1-5,8H2. The van der Waals surface area contributed by atoms with E-state index in [1.807, 2.05) is 12.1 Å². The molecule has 0 saturated carbocycles. The monoisotopic (exact) mass is 274 g/mol. The number of aliphatic hydroxyl groups is 1. The lowest BCUT2D eigenvalue weighted by atomic mass is 10.2. The Bertz CT molecular complexity index is 384. The molecule has 0 bridgehead atoms. The topological polar surface area (TPSA) is 38.7 Å². The van der Waals surface area contributed by atoms with Crippen LogP contribution >= 0.6 is 23.4 Å². The zero-order valence-electron chi connectivity index (χ0n) is 9.45. The molecule has 0 aromatic heterocycles. The minimum atomic E-state index is 0.197. The minimum absolute atomic E-state index is 0.197. The van der Waals surface area contributed by atoms with Gasteiger partial charge >= 0.3 is 0 Å². The van der Waals surface area contributed by atoms with Gasteiger partial charge < -0.3 is 14.6 Å².